The van der Waals surface area contributed by atoms with Gasteiger partial charge in [-0.1, -0.05) is 54.7 Å². The van der Waals surface area contributed by atoms with Crippen LogP contribution in [0.25, 0.3) is 6.08 Å². The van der Waals surface area contributed by atoms with Gasteiger partial charge in [-0.25, -0.2) is 0 Å². The van der Waals surface area contributed by atoms with E-state index in [0.717, 1.165) is 16.9 Å². The highest BCUT2D eigenvalue weighted by Gasteiger charge is 2.01. The normalized spacial score (nSPS) is 10.7. The van der Waals surface area contributed by atoms with Crippen LogP contribution in [0.4, 0.5) is 0 Å². The zero-order valence-corrected chi connectivity index (χ0v) is 12.1. The van der Waals surface area contributed by atoms with Crippen molar-refractivity contribution in [3.8, 4) is 11.8 Å². The molecule has 0 atom stereocenters. The average Bonchev–Trinajstić information content (AvgIpc) is 2.52. The fourth-order valence-electron chi connectivity index (χ4n) is 1.76. The first-order valence-electron chi connectivity index (χ1n) is 6.37. The lowest BCUT2D eigenvalue weighted by atomic mass is 10.1. The van der Waals surface area contributed by atoms with Gasteiger partial charge in [0.2, 0.25) is 0 Å². The van der Waals surface area contributed by atoms with Gasteiger partial charge in [-0.15, -0.1) is 0 Å². The van der Waals surface area contributed by atoms with Crippen LogP contribution in [-0.2, 0) is 6.61 Å². The Balaban J connectivity index is 2.11. The van der Waals surface area contributed by atoms with Crippen molar-refractivity contribution in [2.24, 2.45) is 5.73 Å². The Bertz CT molecular complexity index is 702. The summed E-state index contributed by atoms with van der Waals surface area (Å²) in [4.78, 5) is 0.0908. The molecule has 0 unspecified atom stereocenters. The first-order valence-corrected chi connectivity index (χ1v) is 6.78. The highest BCUT2D eigenvalue weighted by Crippen LogP contribution is 2.17. The third-order valence-electron chi connectivity index (χ3n) is 2.80. The minimum atomic E-state index is 0.0908. The summed E-state index contributed by atoms with van der Waals surface area (Å²) in [6, 6.07) is 19.3. The summed E-state index contributed by atoms with van der Waals surface area (Å²) >= 11 is 4.82. The summed E-state index contributed by atoms with van der Waals surface area (Å²) in [6.45, 7) is 0.494. The SMILES string of the molecule is N#CC(=Cc1cccc(OCc2ccccc2)c1)C(N)=S. The molecule has 0 saturated carbocycles. The van der Waals surface area contributed by atoms with Gasteiger partial charge in [-0.2, -0.15) is 5.26 Å². The quantitative estimate of drug-likeness (QED) is 0.521. The molecule has 0 spiro atoms. The summed E-state index contributed by atoms with van der Waals surface area (Å²) in [6.07, 6.45) is 1.65. The average molecular weight is 294 g/mol. The second-order valence-electron chi connectivity index (χ2n) is 4.38. The number of benzene rings is 2. The Kier molecular flexibility index (Phi) is 5.08. The summed E-state index contributed by atoms with van der Waals surface area (Å²) in [5, 5.41) is 8.96. The van der Waals surface area contributed by atoms with Crippen LogP contribution >= 0.6 is 12.2 Å². The number of rotatable bonds is 5. The van der Waals surface area contributed by atoms with Crippen LogP contribution in [0.15, 0.2) is 60.2 Å². The molecule has 21 heavy (non-hydrogen) atoms. The molecule has 0 heterocycles. The first kappa shape index (κ1) is 14.8. The van der Waals surface area contributed by atoms with Gasteiger partial charge in [-0.05, 0) is 29.3 Å². The van der Waals surface area contributed by atoms with E-state index >= 15 is 0 Å². The summed E-state index contributed by atoms with van der Waals surface area (Å²) in [5.74, 6) is 0.729. The van der Waals surface area contributed by atoms with Crippen LogP contribution in [0.1, 0.15) is 11.1 Å². The van der Waals surface area contributed by atoms with Crippen molar-refractivity contribution in [2.75, 3.05) is 0 Å². The molecule has 2 rings (SSSR count). The van der Waals surface area contributed by atoms with Gasteiger partial charge in [0, 0.05) is 0 Å². The van der Waals surface area contributed by atoms with Gasteiger partial charge in [0.15, 0.2) is 0 Å². The van der Waals surface area contributed by atoms with Gasteiger partial charge in [-0.3, -0.25) is 0 Å². The molecule has 0 radical (unpaired) electrons. The van der Waals surface area contributed by atoms with E-state index in [1.807, 2.05) is 60.7 Å². The molecule has 0 aliphatic carbocycles. The zero-order chi connectivity index (χ0) is 15.1. The van der Waals surface area contributed by atoms with E-state index in [9.17, 15) is 0 Å². The molecular formula is C17H14N2OS. The van der Waals surface area contributed by atoms with E-state index in [-0.39, 0.29) is 10.6 Å². The van der Waals surface area contributed by atoms with Crippen molar-refractivity contribution in [1.29, 1.82) is 5.26 Å². The van der Waals surface area contributed by atoms with Crippen molar-refractivity contribution >= 4 is 23.3 Å². The summed E-state index contributed by atoms with van der Waals surface area (Å²) in [7, 11) is 0. The van der Waals surface area contributed by atoms with Crippen molar-refractivity contribution < 1.29 is 4.74 Å². The molecule has 2 aromatic rings. The van der Waals surface area contributed by atoms with Crippen LogP contribution in [-0.4, -0.2) is 4.99 Å². The van der Waals surface area contributed by atoms with Crippen molar-refractivity contribution in [2.45, 2.75) is 6.61 Å². The van der Waals surface area contributed by atoms with E-state index in [0.29, 0.717) is 6.61 Å². The maximum Gasteiger partial charge on any atom is 0.120 e. The number of thiocarbonyl (C=S) groups is 1. The molecule has 0 aliphatic heterocycles. The lowest BCUT2D eigenvalue weighted by Gasteiger charge is -2.07. The van der Waals surface area contributed by atoms with E-state index in [4.69, 9.17) is 28.0 Å². The number of hydrogen-bond donors (Lipinski definition) is 1. The van der Waals surface area contributed by atoms with Crippen molar-refractivity contribution in [3.63, 3.8) is 0 Å². The topological polar surface area (TPSA) is 59.0 Å². The molecule has 104 valence electrons. The fourth-order valence-corrected chi connectivity index (χ4v) is 1.86. The standard InChI is InChI=1S/C17H14N2OS/c18-11-15(17(19)21)9-14-7-4-8-16(10-14)20-12-13-5-2-1-3-6-13/h1-10H,12H2,(H2,19,21). The Morgan fingerprint density at radius 1 is 1.19 bits per heavy atom. The maximum atomic E-state index is 8.96. The number of nitrogens with zero attached hydrogens (tertiary/aromatic N) is 1. The Morgan fingerprint density at radius 2 is 1.95 bits per heavy atom. The maximum absolute atomic E-state index is 8.96. The number of nitriles is 1. The van der Waals surface area contributed by atoms with Crippen LogP contribution in [0.5, 0.6) is 5.75 Å². The molecular weight excluding hydrogens is 280 g/mol. The molecule has 3 nitrogen and oxygen atoms in total. The number of nitrogens with two attached hydrogens (primary N) is 1. The van der Waals surface area contributed by atoms with Gasteiger partial charge in [0.05, 0.1) is 5.57 Å². The fraction of sp³-hybridized carbons (Fsp3) is 0.0588. The minimum absolute atomic E-state index is 0.0908. The van der Waals surface area contributed by atoms with Gasteiger partial charge < -0.3 is 10.5 Å². The molecule has 0 saturated heterocycles. The third kappa shape index (κ3) is 4.44. The van der Waals surface area contributed by atoms with E-state index in [2.05, 4.69) is 0 Å². The van der Waals surface area contributed by atoms with Crippen LogP contribution in [0.2, 0.25) is 0 Å². The van der Waals surface area contributed by atoms with Gasteiger partial charge in [0.1, 0.15) is 23.4 Å². The van der Waals surface area contributed by atoms with Crippen LogP contribution in [0.3, 0.4) is 0 Å². The van der Waals surface area contributed by atoms with Crippen LogP contribution < -0.4 is 10.5 Å². The number of hydrogen-bond acceptors (Lipinski definition) is 3. The molecule has 2 aromatic carbocycles. The van der Waals surface area contributed by atoms with Crippen molar-refractivity contribution in [1.82, 2.24) is 0 Å². The van der Waals surface area contributed by atoms with Crippen molar-refractivity contribution in [3.05, 3.63) is 71.3 Å². The first-order chi connectivity index (χ1) is 10.2. The largest absolute Gasteiger partial charge is 0.489 e. The second kappa shape index (κ2) is 7.22. The Hall–Kier alpha value is -2.64. The molecule has 4 heteroatoms. The highest BCUT2D eigenvalue weighted by molar-refractivity contribution is 7.80. The van der Waals surface area contributed by atoms with Gasteiger partial charge >= 0.3 is 0 Å². The smallest absolute Gasteiger partial charge is 0.120 e. The molecule has 0 amide bonds. The van der Waals surface area contributed by atoms with E-state index in [1.165, 1.54) is 0 Å². The molecule has 0 bridgehead atoms. The second-order valence-corrected chi connectivity index (χ2v) is 4.82. The van der Waals surface area contributed by atoms with Gasteiger partial charge in [0.25, 0.3) is 0 Å². The summed E-state index contributed by atoms with van der Waals surface area (Å²) < 4.78 is 5.73. The monoisotopic (exact) mass is 294 g/mol. The number of ether oxygens (including phenoxy) is 1. The predicted octanol–water partition coefficient (Wildman–Crippen LogP) is 3.46. The van der Waals surface area contributed by atoms with E-state index < -0.39 is 0 Å². The third-order valence-corrected chi connectivity index (χ3v) is 3.02. The lowest BCUT2D eigenvalue weighted by Crippen LogP contribution is -2.09. The molecule has 0 fully saturated rings. The van der Waals surface area contributed by atoms with E-state index in [1.54, 1.807) is 6.08 Å². The molecule has 2 N–H and O–H groups in total. The predicted molar refractivity (Wildman–Crippen MR) is 87.6 cm³/mol. The molecule has 0 aromatic heterocycles. The Morgan fingerprint density at radius 3 is 2.62 bits per heavy atom. The minimum Gasteiger partial charge on any atom is -0.489 e. The zero-order valence-electron chi connectivity index (χ0n) is 11.3. The highest BCUT2D eigenvalue weighted by atomic mass is 32.1. The molecule has 0 aliphatic rings. The Labute approximate surface area is 129 Å². The lowest BCUT2D eigenvalue weighted by molar-refractivity contribution is 0.306. The summed E-state index contributed by atoms with van der Waals surface area (Å²) in [5.41, 5.74) is 7.68. The van der Waals surface area contributed by atoms with Crippen LogP contribution in [0, 0.1) is 11.3 Å².